The van der Waals surface area contributed by atoms with Crippen LogP contribution in [0.2, 0.25) is 0 Å². The van der Waals surface area contributed by atoms with Crippen molar-refractivity contribution in [2.24, 2.45) is 0 Å². The number of aromatic amines is 1. The van der Waals surface area contributed by atoms with E-state index >= 15 is 0 Å². The van der Waals surface area contributed by atoms with Crippen LogP contribution in [0.25, 0.3) is 11.4 Å². The van der Waals surface area contributed by atoms with Gasteiger partial charge in [-0.1, -0.05) is 12.1 Å². The number of nitrogens with one attached hydrogen (secondary N) is 1. The first-order valence-electron chi connectivity index (χ1n) is 9.32. The molecule has 2 heterocycles. The van der Waals surface area contributed by atoms with Crippen LogP contribution in [0, 0.1) is 11.6 Å². The first-order valence-corrected chi connectivity index (χ1v) is 9.32. The number of hydrogen-bond donors (Lipinski definition) is 1. The van der Waals surface area contributed by atoms with Crippen molar-refractivity contribution in [2.75, 3.05) is 27.2 Å². The molecule has 0 aliphatic carbocycles. The Morgan fingerprint density at radius 1 is 1.03 bits per heavy atom. The van der Waals surface area contributed by atoms with E-state index < -0.39 is 0 Å². The van der Waals surface area contributed by atoms with Gasteiger partial charge in [-0.15, -0.1) is 0 Å². The Morgan fingerprint density at radius 2 is 1.66 bits per heavy atom. The molecule has 2 aromatic carbocycles. The number of likely N-dealkylation sites (tertiary alicyclic amines) is 1. The van der Waals surface area contributed by atoms with Crippen LogP contribution in [0.5, 0.6) is 0 Å². The number of likely N-dealkylation sites (N-methyl/N-ethyl adjacent to an activating group) is 1. The van der Waals surface area contributed by atoms with Crippen molar-refractivity contribution in [3.05, 3.63) is 71.6 Å². The molecule has 1 aliphatic rings. The number of rotatable bonds is 4. The fourth-order valence-electron chi connectivity index (χ4n) is 3.75. The van der Waals surface area contributed by atoms with E-state index in [1.807, 2.05) is 14.1 Å². The standard InChI is InChI=1S/C21H21F2N5O/c1-27(2)18-12-28(11-17(18)13-3-7-15(22)8-4-13)21(29)20-24-19(25-26-20)14-5-9-16(23)10-6-14/h3-10,17-18H,11-12H2,1-2H3,(H,24,25,26). The van der Waals surface area contributed by atoms with Gasteiger partial charge < -0.3 is 9.80 Å². The molecule has 1 N–H and O–H groups in total. The number of amides is 1. The number of aromatic nitrogens is 3. The Morgan fingerprint density at radius 3 is 2.28 bits per heavy atom. The van der Waals surface area contributed by atoms with Crippen LogP contribution in [0.1, 0.15) is 22.1 Å². The van der Waals surface area contributed by atoms with Crippen molar-refractivity contribution >= 4 is 5.91 Å². The zero-order valence-electron chi connectivity index (χ0n) is 16.1. The lowest BCUT2D eigenvalue weighted by molar-refractivity contribution is 0.0771. The Bertz CT molecular complexity index is 1000. The molecule has 1 amide bonds. The van der Waals surface area contributed by atoms with Crippen molar-refractivity contribution < 1.29 is 13.6 Å². The van der Waals surface area contributed by atoms with Crippen molar-refractivity contribution in [1.29, 1.82) is 0 Å². The fraction of sp³-hybridized carbons (Fsp3) is 0.286. The lowest BCUT2D eigenvalue weighted by Gasteiger charge is -2.25. The zero-order valence-corrected chi connectivity index (χ0v) is 16.1. The average Bonchev–Trinajstić information content (AvgIpc) is 3.37. The van der Waals surface area contributed by atoms with E-state index in [9.17, 15) is 13.6 Å². The zero-order chi connectivity index (χ0) is 20.5. The van der Waals surface area contributed by atoms with Gasteiger partial charge in [0.25, 0.3) is 5.91 Å². The summed E-state index contributed by atoms with van der Waals surface area (Å²) in [6, 6.07) is 12.3. The molecule has 2 unspecified atom stereocenters. The third kappa shape index (κ3) is 3.88. The van der Waals surface area contributed by atoms with E-state index in [1.165, 1.54) is 24.3 Å². The van der Waals surface area contributed by atoms with E-state index in [-0.39, 0.29) is 35.3 Å². The predicted molar refractivity (Wildman–Crippen MR) is 104 cm³/mol. The van der Waals surface area contributed by atoms with Gasteiger partial charge in [-0.2, -0.15) is 5.10 Å². The summed E-state index contributed by atoms with van der Waals surface area (Å²) in [6.07, 6.45) is 0. The molecule has 0 bridgehead atoms. The molecule has 6 nitrogen and oxygen atoms in total. The van der Waals surface area contributed by atoms with Crippen LogP contribution in [-0.2, 0) is 0 Å². The molecule has 3 aromatic rings. The van der Waals surface area contributed by atoms with Crippen LogP contribution < -0.4 is 0 Å². The molecule has 150 valence electrons. The largest absolute Gasteiger partial charge is 0.334 e. The van der Waals surface area contributed by atoms with E-state index in [0.717, 1.165) is 5.56 Å². The predicted octanol–water partition coefficient (Wildman–Crippen LogP) is 2.92. The van der Waals surface area contributed by atoms with Gasteiger partial charge in [-0.3, -0.25) is 9.89 Å². The topological polar surface area (TPSA) is 65.1 Å². The molecule has 0 spiro atoms. The highest BCUT2D eigenvalue weighted by molar-refractivity contribution is 5.91. The Balaban J connectivity index is 1.54. The summed E-state index contributed by atoms with van der Waals surface area (Å²) in [4.78, 5) is 21.1. The monoisotopic (exact) mass is 397 g/mol. The third-order valence-electron chi connectivity index (χ3n) is 5.33. The highest BCUT2D eigenvalue weighted by Crippen LogP contribution is 2.31. The lowest BCUT2D eigenvalue weighted by atomic mass is 9.94. The second-order valence-corrected chi connectivity index (χ2v) is 7.41. The molecule has 1 aromatic heterocycles. The fourth-order valence-corrected chi connectivity index (χ4v) is 3.75. The third-order valence-corrected chi connectivity index (χ3v) is 5.33. The molecule has 8 heteroatoms. The number of benzene rings is 2. The van der Waals surface area contributed by atoms with Crippen molar-refractivity contribution in [1.82, 2.24) is 25.0 Å². The van der Waals surface area contributed by atoms with Gasteiger partial charge in [0, 0.05) is 30.6 Å². The first-order chi connectivity index (χ1) is 13.9. The minimum absolute atomic E-state index is 0.0639. The molecule has 1 aliphatic heterocycles. The molecule has 4 rings (SSSR count). The summed E-state index contributed by atoms with van der Waals surface area (Å²) in [5.41, 5.74) is 1.61. The van der Waals surface area contributed by atoms with Gasteiger partial charge in [0.05, 0.1) is 0 Å². The van der Waals surface area contributed by atoms with Gasteiger partial charge in [-0.25, -0.2) is 13.8 Å². The van der Waals surface area contributed by atoms with E-state index in [4.69, 9.17) is 0 Å². The van der Waals surface area contributed by atoms with Crippen molar-refractivity contribution in [3.8, 4) is 11.4 Å². The molecule has 1 saturated heterocycles. The van der Waals surface area contributed by atoms with Gasteiger partial charge in [0.15, 0.2) is 5.82 Å². The summed E-state index contributed by atoms with van der Waals surface area (Å²) >= 11 is 0. The number of nitrogens with zero attached hydrogens (tertiary/aromatic N) is 4. The number of halogens is 2. The van der Waals surface area contributed by atoms with Crippen LogP contribution in [-0.4, -0.2) is 64.1 Å². The molecule has 2 atom stereocenters. The SMILES string of the molecule is CN(C)C1CN(C(=O)c2nc(-c3ccc(F)cc3)n[nH]2)CC1c1ccc(F)cc1. The normalized spacial score (nSPS) is 19.1. The lowest BCUT2D eigenvalue weighted by Crippen LogP contribution is -2.36. The van der Waals surface area contributed by atoms with Crippen LogP contribution in [0.4, 0.5) is 8.78 Å². The number of hydrogen-bond acceptors (Lipinski definition) is 4. The smallest absolute Gasteiger partial charge is 0.291 e. The summed E-state index contributed by atoms with van der Waals surface area (Å²) in [6.45, 7) is 1.03. The molecular formula is C21H21F2N5O. The number of carbonyl (C=O) groups excluding carboxylic acids is 1. The minimum Gasteiger partial charge on any atom is -0.334 e. The van der Waals surface area contributed by atoms with Crippen LogP contribution >= 0.6 is 0 Å². The maximum absolute atomic E-state index is 13.3. The molecule has 29 heavy (non-hydrogen) atoms. The van der Waals surface area contributed by atoms with E-state index in [2.05, 4.69) is 20.1 Å². The Hall–Kier alpha value is -3.13. The van der Waals surface area contributed by atoms with Gasteiger partial charge in [-0.05, 0) is 56.1 Å². The maximum Gasteiger partial charge on any atom is 0.291 e. The Kier molecular flexibility index (Phi) is 5.10. The van der Waals surface area contributed by atoms with Gasteiger partial charge >= 0.3 is 0 Å². The van der Waals surface area contributed by atoms with Crippen LogP contribution in [0.3, 0.4) is 0 Å². The molecule has 1 fully saturated rings. The van der Waals surface area contributed by atoms with Gasteiger partial charge in [0.2, 0.25) is 5.82 Å². The quantitative estimate of drug-likeness (QED) is 0.735. The Labute approximate surface area is 167 Å². The first kappa shape index (κ1) is 19.2. The number of carbonyl (C=O) groups is 1. The highest BCUT2D eigenvalue weighted by Gasteiger charge is 2.38. The second kappa shape index (κ2) is 7.71. The number of H-pyrrole nitrogens is 1. The molecule has 0 saturated carbocycles. The van der Waals surface area contributed by atoms with Crippen molar-refractivity contribution in [3.63, 3.8) is 0 Å². The summed E-state index contributed by atoms with van der Waals surface area (Å²) < 4.78 is 26.4. The maximum atomic E-state index is 13.3. The second-order valence-electron chi connectivity index (χ2n) is 7.41. The van der Waals surface area contributed by atoms with Crippen molar-refractivity contribution in [2.45, 2.75) is 12.0 Å². The van der Waals surface area contributed by atoms with E-state index in [0.29, 0.717) is 24.5 Å². The van der Waals surface area contributed by atoms with Crippen LogP contribution in [0.15, 0.2) is 48.5 Å². The highest BCUT2D eigenvalue weighted by atomic mass is 19.1. The molecular weight excluding hydrogens is 376 g/mol. The average molecular weight is 397 g/mol. The minimum atomic E-state index is -0.348. The van der Waals surface area contributed by atoms with E-state index in [1.54, 1.807) is 29.2 Å². The summed E-state index contributed by atoms with van der Waals surface area (Å²) in [5, 5.41) is 6.78. The molecule has 0 radical (unpaired) electrons. The summed E-state index contributed by atoms with van der Waals surface area (Å²) in [7, 11) is 3.94. The van der Waals surface area contributed by atoms with Gasteiger partial charge in [0.1, 0.15) is 11.6 Å². The summed E-state index contributed by atoms with van der Waals surface area (Å²) in [5.74, 6) is -0.333.